The normalized spacial score (nSPS) is 15.5. The van der Waals surface area contributed by atoms with Crippen LogP contribution in [0.25, 0.3) is 0 Å². The molecule has 0 spiro atoms. The molecule has 27 heavy (non-hydrogen) atoms. The quantitative estimate of drug-likeness (QED) is 0.557. The summed E-state index contributed by atoms with van der Waals surface area (Å²) in [7, 11) is -2.03. The van der Waals surface area contributed by atoms with Crippen molar-refractivity contribution in [3.63, 3.8) is 0 Å². The van der Waals surface area contributed by atoms with Crippen LogP contribution in [-0.2, 0) is 10.2 Å². The minimum absolute atomic E-state index is 0.103. The number of rotatable bonds is 9. The second-order valence-corrected chi connectivity index (χ2v) is 8.62. The van der Waals surface area contributed by atoms with Crippen molar-refractivity contribution < 1.29 is 13.2 Å². The lowest BCUT2D eigenvalue weighted by molar-refractivity contribution is 0.165. The third-order valence-corrected chi connectivity index (χ3v) is 6.07. The Balaban J connectivity index is 1.92. The van der Waals surface area contributed by atoms with Gasteiger partial charge in [-0.3, -0.25) is 4.98 Å². The van der Waals surface area contributed by atoms with E-state index in [-0.39, 0.29) is 12.1 Å². The van der Waals surface area contributed by atoms with Crippen LogP contribution in [0.15, 0.2) is 18.5 Å². The molecule has 0 bridgehead atoms. The summed E-state index contributed by atoms with van der Waals surface area (Å²) >= 11 is 0. The molecule has 0 radical (unpaired) electrons. The maximum Gasteiger partial charge on any atom is 0.322 e. The minimum atomic E-state index is -3.40. The predicted molar refractivity (Wildman–Crippen MR) is 107 cm³/mol. The highest BCUT2D eigenvalue weighted by Gasteiger charge is 2.25. The lowest BCUT2D eigenvalue weighted by Gasteiger charge is -2.34. The van der Waals surface area contributed by atoms with E-state index >= 15 is 0 Å². The van der Waals surface area contributed by atoms with Gasteiger partial charge in [0.05, 0.1) is 11.9 Å². The number of unbranched alkanes of at least 4 members (excludes halogenated alkanes) is 1. The van der Waals surface area contributed by atoms with Gasteiger partial charge in [0.25, 0.3) is 10.2 Å². The number of urea groups is 1. The summed E-state index contributed by atoms with van der Waals surface area (Å²) < 4.78 is 27.5. The Kier molecular flexibility index (Phi) is 8.46. The highest BCUT2D eigenvalue weighted by Crippen LogP contribution is 2.24. The number of amides is 2. The number of carbonyl (C=O) groups excluding carboxylic acids is 1. The number of pyridine rings is 1. The zero-order valence-corrected chi connectivity index (χ0v) is 17.0. The van der Waals surface area contributed by atoms with Crippen molar-refractivity contribution in [2.24, 2.45) is 0 Å². The molecule has 1 heterocycles. The maximum atomic E-state index is 12.9. The third-order valence-electron chi connectivity index (χ3n) is 4.94. The van der Waals surface area contributed by atoms with Gasteiger partial charge in [-0.2, -0.15) is 8.42 Å². The average molecular weight is 398 g/mol. The molecular formula is C18H31N5O3S. The van der Waals surface area contributed by atoms with Crippen LogP contribution in [0.1, 0.15) is 50.5 Å². The van der Waals surface area contributed by atoms with Crippen LogP contribution in [0, 0.1) is 6.92 Å². The van der Waals surface area contributed by atoms with Gasteiger partial charge in [-0.1, -0.05) is 19.3 Å². The van der Waals surface area contributed by atoms with E-state index in [2.05, 4.69) is 19.7 Å². The minimum Gasteiger partial charge on any atom is -0.322 e. The number of carbonyl (C=O) groups is 1. The van der Waals surface area contributed by atoms with Crippen LogP contribution in [0.5, 0.6) is 0 Å². The maximum absolute atomic E-state index is 12.9. The molecule has 1 fully saturated rings. The summed E-state index contributed by atoms with van der Waals surface area (Å²) in [5.41, 5.74) is 1.70. The van der Waals surface area contributed by atoms with Crippen LogP contribution in [0.2, 0.25) is 0 Å². The highest BCUT2D eigenvalue weighted by molar-refractivity contribution is 7.87. The number of aryl methyl sites for hydroxylation is 1. The number of aromatic nitrogens is 1. The molecule has 1 aliphatic rings. The Labute approximate surface area is 162 Å². The molecule has 1 aromatic heterocycles. The zero-order valence-electron chi connectivity index (χ0n) is 16.2. The van der Waals surface area contributed by atoms with Crippen molar-refractivity contribution in [2.45, 2.75) is 57.9 Å². The summed E-state index contributed by atoms with van der Waals surface area (Å²) in [5.74, 6) is 0. The molecule has 1 aliphatic carbocycles. The van der Waals surface area contributed by atoms with Crippen LogP contribution >= 0.6 is 0 Å². The molecule has 152 valence electrons. The largest absolute Gasteiger partial charge is 0.322 e. The first-order valence-electron chi connectivity index (χ1n) is 9.59. The number of hydrogen-bond acceptors (Lipinski definition) is 4. The van der Waals surface area contributed by atoms with E-state index in [0.29, 0.717) is 19.5 Å². The van der Waals surface area contributed by atoms with Gasteiger partial charge >= 0.3 is 6.03 Å². The van der Waals surface area contributed by atoms with E-state index in [4.69, 9.17) is 0 Å². The predicted octanol–water partition coefficient (Wildman–Crippen LogP) is 2.39. The van der Waals surface area contributed by atoms with E-state index in [1.54, 1.807) is 12.4 Å². The molecule has 9 heteroatoms. The van der Waals surface area contributed by atoms with Gasteiger partial charge in [0.2, 0.25) is 0 Å². The SMILES string of the molecule is CNS(=O)(=O)NCCCCN(C(=O)Nc1cnccc1C)C1CCCCC1. The molecule has 8 nitrogen and oxygen atoms in total. The Hall–Kier alpha value is -1.71. The van der Waals surface area contributed by atoms with Crippen LogP contribution in [-0.4, -0.2) is 50.5 Å². The zero-order chi connectivity index (χ0) is 19.7. The van der Waals surface area contributed by atoms with Gasteiger partial charge in [0.15, 0.2) is 0 Å². The van der Waals surface area contributed by atoms with Gasteiger partial charge in [0, 0.05) is 32.4 Å². The average Bonchev–Trinajstić information content (AvgIpc) is 2.67. The number of nitrogens with zero attached hydrogens (tertiary/aromatic N) is 2. The van der Waals surface area contributed by atoms with Gasteiger partial charge in [-0.15, -0.1) is 0 Å². The van der Waals surface area contributed by atoms with Crippen molar-refractivity contribution in [3.05, 3.63) is 24.0 Å². The smallest absolute Gasteiger partial charge is 0.322 e. The highest BCUT2D eigenvalue weighted by atomic mass is 32.2. The van der Waals surface area contributed by atoms with Gasteiger partial charge in [-0.25, -0.2) is 14.2 Å². The molecular weight excluding hydrogens is 366 g/mol. The first-order chi connectivity index (χ1) is 12.9. The fourth-order valence-corrected chi connectivity index (χ4v) is 3.87. The number of nitrogens with one attached hydrogen (secondary N) is 3. The molecule has 3 N–H and O–H groups in total. The van der Waals surface area contributed by atoms with Gasteiger partial charge < -0.3 is 10.2 Å². The van der Waals surface area contributed by atoms with Gasteiger partial charge in [0.1, 0.15) is 0 Å². The van der Waals surface area contributed by atoms with E-state index in [0.717, 1.165) is 43.4 Å². The van der Waals surface area contributed by atoms with Gasteiger partial charge in [-0.05, 0) is 44.2 Å². The third kappa shape index (κ3) is 7.08. The van der Waals surface area contributed by atoms with Crippen molar-refractivity contribution >= 4 is 21.9 Å². The molecule has 0 saturated heterocycles. The Morgan fingerprint density at radius 3 is 2.67 bits per heavy atom. The van der Waals surface area contributed by atoms with Crippen LogP contribution in [0.4, 0.5) is 10.5 Å². The Bertz CT molecular complexity index is 705. The molecule has 2 amide bonds. The Morgan fingerprint density at radius 2 is 2.00 bits per heavy atom. The fraction of sp³-hybridized carbons (Fsp3) is 0.667. The van der Waals surface area contributed by atoms with E-state index in [9.17, 15) is 13.2 Å². The lowest BCUT2D eigenvalue weighted by atomic mass is 9.94. The monoisotopic (exact) mass is 397 g/mol. The fourth-order valence-electron chi connectivity index (χ4n) is 3.31. The molecule has 1 saturated carbocycles. The lowest BCUT2D eigenvalue weighted by Crippen LogP contribution is -2.44. The molecule has 1 aromatic rings. The molecule has 0 unspecified atom stereocenters. The molecule has 0 aromatic carbocycles. The second-order valence-electron chi connectivity index (χ2n) is 6.91. The number of hydrogen-bond donors (Lipinski definition) is 3. The van der Waals surface area contributed by atoms with E-state index in [1.807, 2.05) is 17.9 Å². The standard InChI is InChI=1S/C18H31N5O3S/c1-15-10-12-20-14-17(15)22-18(24)23(16-8-4-3-5-9-16)13-7-6-11-21-27(25,26)19-2/h10,12,14,16,19,21H,3-9,11,13H2,1-2H3,(H,22,24). The second kappa shape index (κ2) is 10.6. The number of anilines is 1. The Morgan fingerprint density at radius 1 is 1.26 bits per heavy atom. The summed E-state index contributed by atoms with van der Waals surface area (Å²) in [6.07, 6.45) is 10.3. The van der Waals surface area contributed by atoms with Crippen molar-refractivity contribution in [2.75, 3.05) is 25.5 Å². The topological polar surface area (TPSA) is 103 Å². The van der Waals surface area contributed by atoms with E-state index < -0.39 is 10.2 Å². The summed E-state index contributed by atoms with van der Waals surface area (Å²) in [4.78, 5) is 18.9. The molecule has 0 atom stereocenters. The first-order valence-corrected chi connectivity index (χ1v) is 11.1. The molecule has 2 rings (SSSR count). The summed E-state index contributed by atoms with van der Waals surface area (Å²) in [5, 5.41) is 2.98. The van der Waals surface area contributed by atoms with Crippen molar-refractivity contribution in [1.29, 1.82) is 0 Å². The summed E-state index contributed by atoms with van der Waals surface area (Å²) in [6.45, 7) is 2.90. The molecule has 0 aliphatic heterocycles. The van der Waals surface area contributed by atoms with Crippen LogP contribution in [0.3, 0.4) is 0 Å². The van der Waals surface area contributed by atoms with Crippen LogP contribution < -0.4 is 14.8 Å². The first kappa shape index (κ1) is 21.6. The van der Waals surface area contributed by atoms with Crippen molar-refractivity contribution in [1.82, 2.24) is 19.3 Å². The van der Waals surface area contributed by atoms with E-state index in [1.165, 1.54) is 13.5 Å². The van der Waals surface area contributed by atoms with Crippen molar-refractivity contribution in [3.8, 4) is 0 Å². The summed E-state index contributed by atoms with van der Waals surface area (Å²) in [6, 6.07) is 2.01.